The van der Waals surface area contributed by atoms with Crippen LogP contribution in [0.25, 0.3) is 0 Å². The number of carbonyl (C=O) groups excluding carboxylic acids is 1. The van der Waals surface area contributed by atoms with Gasteiger partial charge in [0.25, 0.3) is 0 Å². The Labute approximate surface area is 94.0 Å². The number of nitrogens with two attached hydrogens (primary N) is 1. The van der Waals surface area contributed by atoms with Crippen molar-refractivity contribution in [1.29, 1.82) is 0 Å². The van der Waals surface area contributed by atoms with Gasteiger partial charge in [-0.3, -0.25) is 0 Å². The van der Waals surface area contributed by atoms with Gasteiger partial charge in [-0.25, -0.2) is 14.8 Å². The smallest absolute Gasteiger partial charge is 0.343 e. The van der Waals surface area contributed by atoms with E-state index in [4.69, 9.17) is 5.73 Å². The fourth-order valence-corrected chi connectivity index (χ4v) is 1.82. The van der Waals surface area contributed by atoms with Crippen molar-refractivity contribution in [3.63, 3.8) is 0 Å². The third-order valence-corrected chi connectivity index (χ3v) is 2.97. The maximum atomic E-state index is 11.4. The van der Waals surface area contributed by atoms with Crippen LogP contribution in [-0.4, -0.2) is 23.0 Å². The molecule has 1 aromatic rings. The predicted molar refractivity (Wildman–Crippen MR) is 59.0 cm³/mol. The molecule has 2 N–H and O–H groups in total. The minimum absolute atomic E-state index is 0.216. The Morgan fingerprint density at radius 1 is 1.50 bits per heavy atom. The first-order valence-corrected chi connectivity index (χ1v) is 5.27. The lowest BCUT2D eigenvalue weighted by atomic mass is 10.2. The molecule has 2 rings (SSSR count). The van der Waals surface area contributed by atoms with Gasteiger partial charge in [0.05, 0.1) is 12.8 Å². The molecule has 1 aliphatic rings. The van der Waals surface area contributed by atoms with Crippen molar-refractivity contribution in [2.45, 2.75) is 26.2 Å². The van der Waals surface area contributed by atoms with Gasteiger partial charge in [-0.1, -0.05) is 6.92 Å². The summed E-state index contributed by atoms with van der Waals surface area (Å²) in [6.07, 6.45) is 1.09. The van der Waals surface area contributed by atoms with Crippen LogP contribution in [0.4, 0.5) is 5.82 Å². The Kier molecular flexibility index (Phi) is 2.53. The summed E-state index contributed by atoms with van der Waals surface area (Å²) in [5, 5.41) is 0. The van der Waals surface area contributed by atoms with E-state index in [0.717, 1.165) is 12.2 Å². The Hall–Kier alpha value is -1.65. The highest BCUT2D eigenvalue weighted by atomic mass is 16.5. The van der Waals surface area contributed by atoms with E-state index < -0.39 is 5.97 Å². The van der Waals surface area contributed by atoms with Crippen LogP contribution >= 0.6 is 0 Å². The number of hydrogen-bond acceptors (Lipinski definition) is 5. The summed E-state index contributed by atoms with van der Waals surface area (Å²) in [6.45, 7) is 3.90. The van der Waals surface area contributed by atoms with Crippen LogP contribution in [-0.2, 0) is 4.74 Å². The number of aryl methyl sites for hydroxylation is 1. The molecule has 1 fully saturated rings. The lowest BCUT2D eigenvalue weighted by Crippen LogP contribution is -2.13. The minimum atomic E-state index is -0.481. The highest BCUT2D eigenvalue weighted by Gasteiger charge is 2.37. The largest absolute Gasteiger partial charge is 0.465 e. The number of nitrogen functional groups attached to an aromatic ring is 1. The monoisotopic (exact) mass is 221 g/mol. The lowest BCUT2D eigenvalue weighted by molar-refractivity contribution is 0.0600. The number of aromatic nitrogens is 2. The van der Waals surface area contributed by atoms with E-state index in [1.54, 1.807) is 6.92 Å². The third-order valence-electron chi connectivity index (χ3n) is 2.97. The SMILES string of the molecule is COC(=O)c1c(C)nc(C2CC2C)nc1N. The molecular weight excluding hydrogens is 206 g/mol. The number of ether oxygens (including phenoxy) is 1. The first-order chi connectivity index (χ1) is 7.54. The van der Waals surface area contributed by atoms with Crippen LogP contribution in [0.3, 0.4) is 0 Å². The van der Waals surface area contributed by atoms with Crippen molar-refractivity contribution in [3.05, 3.63) is 17.1 Å². The molecule has 0 aliphatic heterocycles. The standard InChI is InChI=1S/C11H15N3O2/c1-5-4-7(5)10-13-6(2)8(9(12)14-10)11(15)16-3/h5,7H,4H2,1-3H3,(H2,12,13,14). The van der Waals surface area contributed by atoms with E-state index in [1.165, 1.54) is 7.11 Å². The van der Waals surface area contributed by atoms with Crippen LogP contribution in [0.5, 0.6) is 0 Å². The molecule has 0 aromatic carbocycles. The van der Waals surface area contributed by atoms with Gasteiger partial charge in [-0.15, -0.1) is 0 Å². The number of esters is 1. The van der Waals surface area contributed by atoms with Gasteiger partial charge in [0.1, 0.15) is 17.2 Å². The molecule has 16 heavy (non-hydrogen) atoms. The van der Waals surface area contributed by atoms with Gasteiger partial charge in [-0.05, 0) is 19.3 Å². The van der Waals surface area contributed by atoms with Crippen LogP contribution in [0.15, 0.2) is 0 Å². The first-order valence-electron chi connectivity index (χ1n) is 5.27. The molecule has 0 amide bonds. The molecule has 5 heteroatoms. The van der Waals surface area contributed by atoms with E-state index in [0.29, 0.717) is 17.5 Å². The second-order valence-corrected chi connectivity index (χ2v) is 4.24. The number of nitrogens with zero attached hydrogens (tertiary/aromatic N) is 2. The van der Waals surface area contributed by atoms with E-state index in [9.17, 15) is 4.79 Å². The normalized spacial score (nSPS) is 22.9. The molecule has 1 aliphatic carbocycles. The van der Waals surface area contributed by atoms with E-state index in [2.05, 4.69) is 21.6 Å². The van der Waals surface area contributed by atoms with E-state index >= 15 is 0 Å². The van der Waals surface area contributed by atoms with Crippen LogP contribution in [0.2, 0.25) is 0 Å². The predicted octanol–water partition coefficient (Wildman–Crippen LogP) is 1.28. The second kappa shape index (κ2) is 3.73. The molecule has 1 aromatic heterocycles. The summed E-state index contributed by atoms with van der Waals surface area (Å²) in [5.41, 5.74) is 6.63. The maximum Gasteiger partial charge on any atom is 0.343 e. The van der Waals surface area contributed by atoms with Gasteiger partial charge in [0.2, 0.25) is 0 Å². The minimum Gasteiger partial charge on any atom is -0.465 e. The molecule has 1 heterocycles. The molecule has 0 radical (unpaired) electrons. The van der Waals surface area contributed by atoms with Gasteiger partial charge < -0.3 is 10.5 Å². The van der Waals surface area contributed by atoms with Crippen molar-refractivity contribution in [1.82, 2.24) is 9.97 Å². The second-order valence-electron chi connectivity index (χ2n) is 4.24. The van der Waals surface area contributed by atoms with Gasteiger partial charge >= 0.3 is 5.97 Å². The number of anilines is 1. The molecule has 2 atom stereocenters. The van der Waals surface area contributed by atoms with Crippen molar-refractivity contribution in [3.8, 4) is 0 Å². The van der Waals surface area contributed by atoms with Crippen LogP contribution in [0, 0.1) is 12.8 Å². The molecule has 0 spiro atoms. The first kappa shape index (κ1) is 10.9. The zero-order valence-electron chi connectivity index (χ0n) is 9.65. The van der Waals surface area contributed by atoms with Crippen molar-refractivity contribution < 1.29 is 9.53 Å². The third kappa shape index (κ3) is 1.73. The molecule has 5 nitrogen and oxygen atoms in total. The summed E-state index contributed by atoms with van der Waals surface area (Å²) in [5.74, 6) is 1.49. The molecule has 0 bridgehead atoms. The quantitative estimate of drug-likeness (QED) is 0.761. The highest BCUT2D eigenvalue weighted by Crippen LogP contribution is 2.45. The van der Waals surface area contributed by atoms with Crippen molar-refractivity contribution >= 4 is 11.8 Å². The molecular formula is C11H15N3O2. The zero-order valence-corrected chi connectivity index (χ0v) is 9.65. The lowest BCUT2D eigenvalue weighted by Gasteiger charge is -2.08. The molecule has 86 valence electrons. The summed E-state index contributed by atoms with van der Waals surface area (Å²) < 4.78 is 4.64. The van der Waals surface area contributed by atoms with Gasteiger partial charge in [0, 0.05) is 5.92 Å². The summed E-state index contributed by atoms with van der Waals surface area (Å²) >= 11 is 0. The number of hydrogen-bond donors (Lipinski definition) is 1. The number of carbonyl (C=O) groups is 1. The van der Waals surface area contributed by atoms with Crippen LogP contribution in [0.1, 0.15) is 41.1 Å². The van der Waals surface area contributed by atoms with E-state index in [-0.39, 0.29) is 11.4 Å². The fraction of sp³-hybridized carbons (Fsp3) is 0.545. The highest BCUT2D eigenvalue weighted by molar-refractivity contribution is 5.95. The molecule has 0 saturated heterocycles. The average Bonchev–Trinajstić information content (AvgIpc) is 2.94. The summed E-state index contributed by atoms with van der Waals surface area (Å²) in [7, 11) is 1.32. The zero-order chi connectivity index (χ0) is 11.9. The number of methoxy groups -OCH3 is 1. The molecule has 2 unspecified atom stereocenters. The topological polar surface area (TPSA) is 78.1 Å². The molecule has 1 saturated carbocycles. The Morgan fingerprint density at radius 3 is 2.56 bits per heavy atom. The van der Waals surface area contributed by atoms with Crippen LogP contribution < -0.4 is 5.73 Å². The average molecular weight is 221 g/mol. The van der Waals surface area contributed by atoms with Crippen molar-refractivity contribution in [2.75, 3.05) is 12.8 Å². The van der Waals surface area contributed by atoms with E-state index in [1.807, 2.05) is 0 Å². The number of rotatable bonds is 2. The Morgan fingerprint density at radius 2 is 2.12 bits per heavy atom. The Bertz CT molecular complexity index is 422. The summed E-state index contributed by atoms with van der Waals surface area (Å²) in [6, 6.07) is 0. The maximum absolute atomic E-state index is 11.4. The van der Waals surface area contributed by atoms with Crippen molar-refractivity contribution in [2.24, 2.45) is 5.92 Å². The summed E-state index contributed by atoms with van der Waals surface area (Å²) in [4.78, 5) is 19.9. The Balaban J connectivity index is 2.39. The van der Waals surface area contributed by atoms with Gasteiger partial charge in [0.15, 0.2) is 0 Å². The van der Waals surface area contributed by atoms with Gasteiger partial charge in [-0.2, -0.15) is 0 Å². The fourth-order valence-electron chi connectivity index (χ4n) is 1.82.